The number of ether oxygens (including phenoxy) is 2. The molecule has 1 amide bonds. The highest BCUT2D eigenvalue weighted by molar-refractivity contribution is 5.70. The fourth-order valence-electron chi connectivity index (χ4n) is 3.60. The minimum Gasteiger partial charge on any atom is -0.491 e. The van der Waals surface area contributed by atoms with Gasteiger partial charge in [0.25, 0.3) is 0 Å². The van der Waals surface area contributed by atoms with Gasteiger partial charge in [-0.25, -0.2) is 4.79 Å². The number of carbonyl (C=O) groups excluding carboxylic acids is 1. The van der Waals surface area contributed by atoms with Crippen LogP contribution in [0.25, 0.3) is 0 Å². The van der Waals surface area contributed by atoms with Gasteiger partial charge in [-0.3, -0.25) is 4.90 Å². The number of para-hydroxylation sites is 1. The molecule has 0 spiro atoms. The van der Waals surface area contributed by atoms with E-state index in [9.17, 15) is 4.79 Å². The van der Waals surface area contributed by atoms with Crippen molar-refractivity contribution in [2.24, 2.45) is 5.92 Å². The van der Waals surface area contributed by atoms with Crippen LogP contribution in [-0.2, 0) is 4.74 Å². The monoisotopic (exact) mass is 332 g/mol. The lowest BCUT2D eigenvalue weighted by atomic mass is 9.94. The molecule has 0 saturated carbocycles. The summed E-state index contributed by atoms with van der Waals surface area (Å²) in [6.45, 7) is 7.97. The van der Waals surface area contributed by atoms with Crippen molar-refractivity contribution < 1.29 is 14.3 Å². The third-order valence-corrected chi connectivity index (χ3v) is 5.14. The number of cyclic esters (lactones) is 1. The minimum absolute atomic E-state index is 0.0122. The number of piperidine rings is 1. The second-order valence-electron chi connectivity index (χ2n) is 6.94. The Labute approximate surface area is 144 Å². The third kappa shape index (κ3) is 4.01. The van der Waals surface area contributed by atoms with E-state index in [0.29, 0.717) is 19.1 Å². The van der Waals surface area contributed by atoms with Gasteiger partial charge in [-0.1, -0.05) is 18.2 Å². The van der Waals surface area contributed by atoms with E-state index < -0.39 is 0 Å². The molecule has 1 atom stereocenters. The molecule has 1 aromatic rings. The van der Waals surface area contributed by atoms with Gasteiger partial charge in [0.15, 0.2) is 0 Å². The Kier molecular flexibility index (Phi) is 5.61. The van der Waals surface area contributed by atoms with Gasteiger partial charge in [-0.15, -0.1) is 0 Å². The Balaban J connectivity index is 1.54. The van der Waals surface area contributed by atoms with Crippen molar-refractivity contribution in [3.05, 3.63) is 29.3 Å². The molecule has 5 nitrogen and oxygen atoms in total. The molecular weight excluding hydrogens is 304 g/mol. The lowest BCUT2D eigenvalue weighted by Crippen LogP contribution is -2.39. The van der Waals surface area contributed by atoms with Crippen LogP contribution in [-0.4, -0.2) is 49.9 Å². The first-order valence-electron chi connectivity index (χ1n) is 8.98. The van der Waals surface area contributed by atoms with Crippen molar-refractivity contribution in [1.29, 1.82) is 0 Å². The standard InChI is InChI=1S/C19H28N2O3/c1-14-4-3-5-15(2)18(14)23-12-17-13-24-19(22)21(17)11-8-16-6-9-20-10-7-16/h3-5,16-17,20H,6-13H2,1-2H3/t17-/m1/s1. The fourth-order valence-corrected chi connectivity index (χ4v) is 3.60. The number of carbonyl (C=O) groups is 1. The molecule has 132 valence electrons. The summed E-state index contributed by atoms with van der Waals surface area (Å²) in [6.07, 6.45) is 3.26. The Morgan fingerprint density at radius 1 is 1.25 bits per heavy atom. The molecule has 0 aromatic heterocycles. The predicted octanol–water partition coefficient (Wildman–Crippen LogP) is 2.89. The van der Waals surface area contributed by atoms with Gasteiger partial charge in [0.1, 0.15) is 25.0 Å². The van der Waals surface area contributed by atoms with Gasteiger partial charge in [-0.2, -0.15) is 0 Å². The van der Waals surface area contributed by atoms with Crippen LogP contribution in [0, 0.1) is 19.8 Å². The smallest absolute Gasteiger partial charge is 0.410 e. The Morgan fingerprint density at radius 3 is 2.67 bits per heavy atom. The van der Waals surface area contributed by atoms with E-state index in [2.05, 4.69) is 5.32 Å². The summed E-state index contributed by atoms with van der Waals surface area (Å²) in [5, 5.41) is 3.38. The van der Waals surface area contributed by atoms with Gasteiger partial charge in [-0.05, 0) is 63.2 Å². The maximum Gasteiger partial charge on any atom is 0.410 e. The summed E-state index contributed by atoms with van der Waals surface area (Å²) in [4.78, 5) is 13.9. The van der Waals surface area contributed by atoms with Crippen molar-refractivity contribution >= 4 is 6.09 Å². The number of nitrogens with one attached hydrogen (secondary N) is 1. The molecule has 1 aromatic carbocycles. The highest BCUT2D eigenvalue weighted by atomic mass is 16.6. The molecule has 0 aliphatic carbocycles. The van der Waals surface area contributed by atoms with E-state index in [1.807, 2.05) is 36.9 Å². The maximum absolute atomic E-state index is 12.0. The van der Waals surface area contributed by atoms with Crippen LogP contribution in [0.2, 0.25) is 0 Å². The number of rotatable bonds is 6. The first-order chi connectivity index (χ1) is 11.6. The molecule has 2 saturated heterocycles. The molecule has 2 aliphatic rings. The maximum atomic E-state index is 12.0. The Hall–Kier alpha value is -1.75. The first-order valence-corrected chi connectivity index (χ1v) is 8.98. The molecule has 3 rings (SSSR count). The lowest BCUT2D eigenvalue weighted by Gasteiger charge is -2.27. The van der Waals surface area contributed by atoms with E-state index in [4.69, 9.17) is 9.47 Å². The minimum atomic E-state index is -0.195. The predicted molar refractivity (Wildman–Crippen MR) is 93.5 cm³/mol. The highest BCUT2D eigenvalue weighted by Gasteiger charge is 2.33. The van der Waals surface area contributed by atoms with Crippen LogP contribution in [0.1, 0.15) is 30.4 Å². The number of benzene rings is 1. The van der Waals surface area contributed by atoms with E-state index in [1.165, 1.54) is 12.8 Å². The summed E-state index contributed by atoms with van der Waals surface area (Å²) < 4.78 is 11.3. The zero-order chi connectivity index (χ0) is 16.9. The topological polar surface area (TPSA) is 50.8 Å². The average Bonchev–Trinajstić information content (AvgIpc) is 2.93. The van der Waals surface area contributed by atoms with Gasteiger partial charge in [0.2, 0.25) is 0 Å². The number of hydrogen-bond donors (Lipinski definition) is 1. The summed E-state index contributed by atoms with van der Waals surface area (Å²) in [7, 11) is 0. The lowest BCUT2D eigenvalue weighted by molar-refractivity contribution is 0.151. The highest BCUT2D eigenvalue weighted by Crippen LogP contribution is 2.24. The molecule has 2 heterocycles. The summed E-state index contributed by atoms with van der Waals surface area (Å²) >= 11 is 0. The fraction of sp³-hybridized carbons (Fsp3) is 0.632. The second kappa shape index (κ2) is 7.88. The van der Waals surface area contributed by atoms with Gasteiger partial charge in [0.05, 0.1) is 0 Å². The van der Waals surface area contributed by atoms with E-state index in [0.717, 1.165) is 42.9 Å². The van der Waals surface area contributed by atoms with E-state index in [-0.39, 0.29) is 12.1 Å². The molecule has 5 heteroatoms. The van der Waals surface area contributed by atoms with Gasteiger partial charge in [0, 0.05) is 6.54 Å². The molecule has 2 aliphatic heterocycles. The van der Waals surface area contributed by atoms with Gasteiger partial charge >= 0.3 is 6.09 Å². The number of amides is 1. The Bertz CT molecular complexity index is 549. The SMILES string of the molecule is Cc1cccc(C)c1OC[C@@H]1COC(=O)N1CCC1CCNCC1. The van der Waals surface area contributed by atoms with Crippen LogP contribution >= 0.6 is 0 Å². The van der Waals surface area contributed by atoms with Crippen LogP contribution in [0.3, 0.4) is 0 Å². The van der Waals surface area contributed by atoms with Crippen LogP contribution in [0.5, 0.6) is 5.75 Å². The Morgan fingerprint density at radius 2 is 1.96 bits per heavy atom. The molecule has 24 heavy (non-hydrogen) atoms. The third-order valence-electron chi connectivity index (χ3n) is 5.14. The molecule has 0 radical (unpaired) electrons. The summed E-state index contributed by atoms with van der Waals surface area (Å²) in [5.74, 6) is 1.63. The van der Waals surface area contributed by atoms with Crippen LogP contribution in [0.4, 0.5) is 4.79 Å². The van der Waals surface area contributed by atoms with Crippen molar-refractivity contribution in [3.63, 3.8) is 0 Å². The molecular formula is C19H28N2O3. The van der Waals surface area contributed by atoms with Gasteiger partial charge < -0.3 is 14.8 Å². The largest absolute Gasteiger partial charge is 0.491 e. The number of aryl methyl sites for hydroxylation is 2. The van der Waals surface area contributed by atoms with E-state index >= 15 is 0 Å². The van der Waals surface area contributed by atoms with Crippen molar-refractivity contribution in [3.8, 4) is 5.75 Å². The van der Waals surface area contributed by atoms with Crippen LogP contribution < -0.4 is 10.1 Å². The molecule has 2 fully saturated rings. The van der Waals surface area contributed by atoms with Crippen molar-refractivity contribution in [2.45, 2.75) is 39.2 Å². The quantitative estimate of drug-likeness (QED) is 0.870. The average molecular weight is 332 g/mol. The summed E-state index contributed by atoms with van der Waals surface area (Å²) in [5.41, 5.74) is 2.25. The zero-order valence-corrected chi connectivity index (χ0v) is 14.7. The van der Waals surface area contributed by atoms with Crippen molar-refractivity contribution in [1.82, 2.24) is 10.2 Å². The molecule has 0 unspecified atom stereocenters. The van der Waals surface area contributed by atoms with Crippen LogP contribution in [0.15, 0.2) is 18.2 Å². The second-order valence-corrected chi connectivity index (χ2v) is 6.94. The zero-order valence-electron chi connectivity index (χ0n) is 14.7. The number of hydrogen-bond acceptors (Lipinski definition) is 4. The number of nitrogens with zero attached hydrogens (tertiary/aromatic N) is 1. The summed E-state index contributed by atoms with van der Waals surface area (Å²) in [6, 6.07) is 6.14. The first kappa shape index (κ1) is 17.1. The van der Waals surface area contributed by atoms with Crippen molar-refractivity contribution in [2.75, 3.05) is 32.8 Å². The molecule has 1 N–H and O–H groups in total. The normalized spacial score (nSPS) is 21.8. The van der Waals surface area contributed by atoms with E-state index in [1.54, 1.807) is 0 Å². The molecule has 0 bridgehead atoms.